The van der Waals surface area contributed by atoms with Crippen molar-refractivity contribution in [2.24, 2.45) is 0 Å². The smallest absolute Gasteiger partial charge is 0.305 e. The lowest BCUT2D eigenvalue weighted by atomic mass is 10.2. The fourth-order valence-corrected chi connectivity index (χ4v) is 1.79. The third kappa shape index (κ3) is 4.91. The van der Waals surface area contributed by atoms with Gasteiger partial charge in [0.1, 0.15) is 0 Å². The van der Waals surface area contributed by atoms with Gasteiger partial charge in [0.15, 0.2) is 0 Å². The van der Waals surface area contributed by atoms with Crippen molar-refractivity contribution in [2.75, 3.05) is 6.54 Å². The minimum atomic E-state index is -0.907. The molecular formula is C14H18N2O3. The van der Waals surface area contributed by atoms with Crippen molar-refractivity contribution in [3.63, 3.8) is 0 Å². The quantitative estimate of drug-likeness (QED) is 0.794. The number of rotatable bonds is 6. The summed E-state index contributed by atoms with van der Waals surface area (Å²) in [4.78, 5) is 28.1. The van der Waals surface area contributed by atoms with Gasteiger partial charge in [0.25, 0.3) is 0 Å². The minimum absolute atomic E-state index is 0.0552. The fraction of sp³-hybridized carbons (Fsp3) is 0.357. The molecule has 1 atom stereocenters. The molecule has 1 rings (SSSR count). The van der Waals surface area contributed by atoms with Crippen LogP contribution in [-0.4, -0.2) is 39.5 Å². The van der Waals surface area contributed by atoms with Crippen molar-refractivity contribution >= 4 is 18.0 Å². The summed E-state index contributed by atoms with van der Waals surface area (Å²) in [6, 6.07) is 3.30. The van der Waals surface area contributed by atoms with Gasteiger partial charge in [0.05, 0.1) is 6.42 Å². The zero-order chi connectivity index (χ0) is 14.3. The summed E-state index contributed by atoms with van der Waals surface area (Å²) in [5.41, 5.74) is 0.831. The van der Waals surface area contributed by atoms with Crippen LogP contribution in [0.1, 0.15) is 25.8 Å². The van der Waals surface area contributed by atoms with Crippen molar-refractivity contribution in [1.29, 1.82) is 0 Å². The normalized spacial score (nSPS) is 12.3. The number of nitrogens with zero attached hydrogens (tertiary/aromatic N) is 2. The van der Waals surface area contributed by atoms with E-state index in [2.05, 4.69) is 4.98 Å². The van der Waals surface area contributed by atoms with E-state index >= 15 is 0 Å². The summed E-state index contributed by atoms with van der Waals surface area (Å²) in [6.07, 6.45) is 6.37. The Labute approximate surface area is 112 Å². The maximum Gasteiger partial charge on any atom is 0.305 e. The molecule has 1 N–H and O–H groups in total. The van der Waals surface area contributed by atoms with Gasteiger partial charge < -0.3 is 10.0 Å². The first-order valence-corrected chi connectivity index (χ1v) is 6.15. The van der Waals surface area contributed by atoms with Gasteiger partial charge in [-0.15, -0.1) is 0 Å². The Balaban J connectivity index is 2.69. The largest absolute Gasteiger partial charge is 0.481 e. The molecule has 1 amide bonds. The molecular weight excluding hydrogens is 244 g/mol. The highest BCUT2D eigenvalue weighted by molar-refractivity contribution is 5.92. The molecule has 5 nitrogen and oxygen atoms in total. The van der Waals surface area contributed by atoms with Gasteiger partial charge >= 0.3 is 5.97 Å². The monoisotopic (exact) mass is 262 g/mol. The van der Waals surface area contributed by atoms with Crippen LogP contribution in [0, 0.1) is 0 Å². The average Bonchev–Trinajstić information content (AvgIpc) is 2.37. The van der Waals surface area contributed by atoms with Crippen molar-refractivity contribution in [3.05, 3.63) is 36.2 Å². The number of aromatic nitrogens is 1. The van der Waals surface area contributed by atoms with Crippen LogP contribution in [0.2, 0.25) is 0 Å². The number of hydrogen-bond acceptors (Lipinski definition) is 3. The number of likely N-dealkylation sites (N-methyl/N-ethyl adjacent to an activating group) is 1. The number of carboxylic acids is 1. The van der Waals surface area contributed by atoms with E-state index in [9.17, 15) is 9.59 Å². The van der Waals surface area contributed by atoms with E-state index in [1.54, 1.807) is 31.5 Å². The van der Waals surface area contributed by atoms with Gasteiger partial charge in [-0.25, -0.2) is 0 Å². The second kappa shape index (κ2) is 7.31. The molecule has 102 valence electrons. The third-order valence-corrected chi connectivity index (χ3v) is 2.73. The van der Waals surface area contributed by atoms with Gasteiger partial charge in [0.2, 0.25) is 5.91 Å². The highest BCUT2D eigenvalue weighted by Gasteiger charge is 2.18. The minimum Gasteiger partial charge on any atom is -0.481 e. The zero-order valence-electron chi connectivity index (χ0n) is 11.1. The summed E-state index contributed by atoms with van der Waals surface area (Å²) in [5, 5.41) is 8.75. The molecule has 0 aliphatic carbocycles. The molecule has 0 aliphatic rings. The number of aliphatic carboxylic acids is 1. The average molecular weight is 262 g/mol. The van der Waals surface area contributed by atoms with Gasteiger partial charge in [-0.2, -0.15) is 0 Å². The number of amides is 1. The van der Waals surface area contributed by atoms with Crippen LogP contribution in [0.15, 0.2) is 30.6 Å². The summed E-state index contributed by atoms with van der Waals surface area (Å²) in [7, 11) is 0. The van der Waals surface area contributed by atoms with Crippen LogP contribution in [0.25, 0.3) is 6.08 Å². The Kier molecular flexibility index (Phi) is 5.73. The van der Waals surface area contributed by atoms with Crippen molar-refractivity contribution < 1.29 is 14.7 Å². The van der Waals surface area contributed by atoms with Gasteiger partial charge in [0, 0.05) is 31.1 Å². The molecule has 0 aromatic carbocycles. The van der Waals surface area contributed by atoms with Gasteiger partial charge in [-0.1, -0.05) is 6.07 Å². The Bertz CT molecular complexity index is 457. The van der Waals surface area contributed by atoms with E-state index < -0.39 is 5.97 Å². The second-order valence-electron chi connectivity index (χ2n) is 4.19. The lowest BCUT2D eigenvalue weighted by Gasteiger charge is -2.25. The molecule has 19 heavy (non-hydrogen) atoms. The van der Waals surface area contributed by atoms with Crippen molar-refractivity contribution in [3.8, 4) is 0 Å². The van der Waals surface area contributed by atoms with Crippen LogP contribution in [0.3, 0.4) is 0 Å². The molecule has 0 aliphatic heterocycles. The molecule has 1 heterocycles. The Hall–Kier alpha value is -2.17. The molecule has 0 radical (unpaired) electrons. The lowest BCUT2D eigenvalue weighted by Crippen LogP contribution is -2.38. The predicted octanol–water partition coefficient (Wildman–Crippen LogP) is 1.81. The Morgan fingerprint density at radius 3 is 2.79 bits per heavy atom. The SMILES string of the molecule is CCN(C(=O)C=Cc1cccnc1)C(C)CC(=O)O. The first-order valence-electron chi connectivity index (χ1n) is 6.15. The Morgan fingerprint density at radius 2 is 2.26 bits per heavy atom. The highest BCUT2D eigenvalue weighted by atomic mass is 16.4. The molecule has 0 saturated carbocycles. The predicted molar refractivity (Wildman–Crippen MR) is 72.4 cm³/mol. The third-order valence-electron chi connectivity index (χ3n) is 2.73. The van der Waals surface area contributed by atoms with Gasteiger partial charge in [-0.05, 0) is 31.6 Å². The number of carbonyl (C=O) groups is 2. The van der Waals surface area contributed by atoms with Crippen LogP contribution in [0.4, 0.5) is 0 Å². The number of hydrogen-bond donors (Lipinski definition) is 1. The molecule has 0 bridgehead atoms. The van der Waals surface area contributed by atoms with Crippen LogP contribution < -0.4 is 0 Å². The first kappa shape index (κ1) is 14.9. The summed E-state index contributed by atoms with van der Waals surface area (Å²) in [6.45, 7) is 4.03. The summed E-state index contributed by atoms with van der Waals surface area (Å²) < 4.78 is 0. The number of carbonyl (C=O) groups excluding carboxylic acids is 1. The van der Waals surface area contributed by atoms with Crippen LogP contribution in [-0.2, 0) is 9.59 Å². The maximum absolute atomic E-state index is 12.0. The van der Waals surface area contributed by atoms with E-state index in [4.69, 9.17) is 5.11 Å². The highest BCUT2D eigenvalue weighted by Crippen LogP contribution is 2.06. The fourth-order valence-electron chi connectivity index (χ4n) is 1.79. The maximum atomic E-state index is 12.0. The van der Waals surface area contributed by atoms with Crippen LogP contribution in [0.5, 0.6) is 0 Å². The molecule has 0 fully saturated rings. The first-order chi connectivity index (χ1) is 9.04. The standard InChI is InChI=1S/C14H18N2O3/c1-3-16(11(2)9-14(18)19)13(17)7-6-12-5-4-8-15-10-12/h4-8,10-11H,3,9H2,1-2H3,(H,18,19). The van der Waals surface area contributed by atoms with Crippen LogP contribution >= 0.6 is 0 Å². The molecule has 1 unspecified atom stereocenters. The molecule has 5 heteroatoms. The van der Waals surface area contributed by atoms with E-state index in [0.717, 1.165) is 5.56 Å². The van der Waals surface area contributed by atoms with E-state index in [-0.39, 0.29) is 18.4 Å². The molecule has 1 aromatic heterocycles. The van der Waals surface area contributed by atoms with E-state index in [0.29, 0.717) is 6.54 Å². The Morgan fingerprint density at radius 1 is 1.53 bits per heavy atom. The van der Waals surface area contributed by atoms with Gasteiger partial charge in [-0.3, -0.25) is 14.6 Å². The summed E-state index contributed by atoms with van der Waals surface area (Å²) >= 11 is 0. The number of pyridine rings is 1. The molecule has 0 spiro atoms. The topological polar surface area (TPSA) is 70.5 Å². The number of carboxylic acid groups (broad SMARTS) is 1. The lowest BCUT2D eigenvalue weighted by molar-refractivity contribution is -0.139. The van der Waals surface area contributed by atoms with E-state index in [1.807, 2.05) is 13.0 Å². The zero-order valence-corrected chi connectivity index (χ0v) is 11.1. The molecule has 0 saturated heterocycles. The molecule has 1 aromatic rings. The van der Waals surface area contributed by atoms with E-state index in [1.165, 1.54) is 11.0 Å². The van der Waals surface area contributed by atoms with Crippen molar-refractivity contribution in [1.82, 2.24) is 9.88 Å². The second-order valence-corrected chi connectivity index (χ2v) is 4.19. The van der Waals surface area contributed by atoms with Crippen molar-refractivity contribution in [2.45, 2.75) is 26.3 Å². The summed E-state index contributed by atoms with van der Waals surface area (Å²) in [5.74, 6) is -1.10.